The topological polar surface area (TPSA) is 65.0 Å². The number of aliphatic imine (C=N–C) groups is 1. The molecule has 0 bridgehead atoms. The Morgan fingerprint density at radius 2 is 1.77 bits per heavy atom. The number of carbonyl (C=O) groups excluding carboxylic acids is 2. The molecule has 116 valence electrons. The molecule has 1 aliphatic heterocycles. The van der Waals surface area contributed by atoms with Crippen molar-refractivity contribution in [1.82, 2.24) is 0 Å². The van der Waals surface area contributed by atoms with Crippen molar-refractivity contribution in [1.29, 1.82) is 0 Å². The van der Waals surface area contributed by atoms with Crippen LogP contribution < -0.4 is 0 Å². The van der Waals surface area contributed by atoms with Gasteiger partial charge in [-0.3, -0.25) is 9.79 Å². The van der Waals surface area contributed by atoms with Gasteiger partial charge < -0.3 is 9.47 Å². The fraction of sp³-hybridized carbons (Fsp3) is 0.353. The van der Waals surface area contributed by atoms with Gasteiger partial charge in [-0.25, -0.2) is 4.79 Å². The molecule has 1 unspecified atom stereocenters. The van der Waals surface area contributed by atoms with E-state index in [9.17, 15) is 9.59 Å². The number of nitrogens with zero attached hydrogens (tertiary/aromatic N) is 1. The standard InChI is InChI=1S/C17H19NO4/c1-3-21-16(19)13-10-18-11-14(17(20)22-4-2)15(13)12-8-6-5-7-9-12/h5-11,13,15H,3-4H2,1-2H3/t13?,15-/m0/s1. The Hall–Kier alpha value is -2.43. The summed E-state index contributed by atoms with van der Waals surface area (Å²) >= 11 is 0. The highest BCUT2D eigenvalue weighted by molar-refractivity contribution is 5.99. The Kier molecular flexibility index (Phi) is 5.47. The summed E-state index contributed by atoms with van der Waals surface area (Å²) in [6, 6.07) is 9.37. The van der Waals surface area contributed by atoms with Gasteiger partial charge in [0.05, 0.1) is 18.8 Å². The molecule has 0 radical (unpaired) electrons. The van der Waals surface area contributed by atoms with Crippen LogP contribution in [0.2, 0.25) is 0 Å². The van der Waals surface area contributed by atoms with Gasteiger partial charge >= 0.3 is 11.9 Å². The van der Waals surface area contributed by atoms with E-state index in [1.807, 2.05) is 30.3 Å². The van der Waals surface area contributed by atoms with Gasteiger partial charge in [0.2, 0.25) is 0 Å². The Morgan fingerprint density at radius 1 is 1.09 bits per heavy atom. The molecule has 2 atom stereocenters. The number of rotatable bonds is 5. The molecule has 1 aliphatic rings. The fourth-order valence-corrected chi connectivity index (χ4v) is 2.45. The maximum absolute atomic E-state index is 12.2. The molecule has 0 aliphatic carbocycles. The second-order valence-electron chi connectivity index (χ2n) is 4.77. The van der Waals surface area contributed by atoms with E-state index in [1.54, 1.807) is 13.8 Å². The van der Waals surface area contributed by atoms with Crippen molar-refractivity contribution in [2.24, 2.45) is 10.9 Å². The Morgan fingerprint density at radius 3 is 2.41 bits per heavy atom. The van der Waals surface area contributed by atoms with Crippen LogP contribution in [0, 0.1) is 5.92 Å². The summed E-state index contributed by atoms with van der Waals surface area (Å²) in [6.45, 7) is 4.04. The molecular formula is C17H19NO4. The fourth-order valence-electron chi connectivity index (χ4n) is 2.45. The molecule has 0 spiro atoms. The molecular weight excluding hydrogens is 282 g/mol. The minimum atomic E-state index is -0.633. The lowest BCUT2D eigenvalue weighted by Crippen LogP contribution is -2.31. The summed E-state index contributed by atoms with van der Waals surface area (Å²) in [5.74, 6) is -1.93. The van der Waals surface area contributed by atoms with Crippen molar-refractivity contribution in [3.63, 3.8) is 0 Å². The third-order valence-corrected chi connectivity index (χ3v) is 3.38. The first-order valence-corrected chi connectivity index (χ1v) is 7.31. The Labute approximate surface area is 129 Å². The van der Waals surface area contributed by atoms with Crippen molar-refractivity contribution in [2.45, 2.75) is 19.8 Å². The smallest absolute Gasteiger partial charge is 0.336 e. The van der Waals surface area contributed by atoms with Gasteiger partial charge in [-0.15, -0.1) is 0 Å². The molecule has 1 heterocycles. The highest BCUT2D eigenvalue weighted by atomic mass is 16.5. The minimum absolute atomic E-state index is 0.269. The lowest BCUT2D eigenvalue weighted by atomic mass is 9.80. The summed E-state index contributed by atoms with van der Waals surface area (Å²) in [5.41, 5.74) is 1.22. The van der Waals surface area contributed by atoms with Crippen molar-refractivity contribution < 1.29 is 19.1 Å². The third-order valence-electron chi connectivity index (χ3n) is 3.38. The van der Waals surface area contributed by atoms with Gasteiger partial charge in [-0.2, -0.15) is 0 Å². The summed E-state index contributed by atoms with van der Waals surface area (Å²) < 4.78 is 10.2. The van der Waals surface area contributed by atoms with Gasteiger partial charge in [0, 0.05) is 18.3 Å². The monoisotopic (exact) mass is 301 g/mol. The van der Waals surface area contributed by atoms with Crippen molar-refractivity contribution >= 4 is 18.2 Å². The number of hydrogen-bond acceptors (Lipinski definition) is 5. The summed E-state index contributed by atoms with van der Waals surface area (Å²) in [6.07, 6.45) is 2.99. The van der Waals surface area contributed by atoms with E-state index in [-0.39, 0.29) is 13.2 Å². The van der Waals surface area contributed by atoms with Crippen LogP contribution in [-0.4, -0.2) is 31.4 Å². The average molecular weight is 301 g/mol. The predicted molar refractivity (Wildman–Crippen MR) is 82.5 cm³/mol. The SMILES string of the molecule is CCOC(=O)C1=CN=CC(C(=O)OCC)[C@@H]1c1ccccc1. The van der Waals surface area contributed by atoms with Crippen LogP contribution >= 0.6 is 0 Å². The third kappa shape index (κ3) is 3.42. The first-order chi connectivity index (χ1) is 10.7. The summed E-state index contributed by atoms with van der Waals surface area (Å²) in [5, 5.41) is 0. The maximum Gasteiger partial charge on any atom is 0.336 e. The number of hydrogen-bond donors (Lipinski definition) is 0. The van der Waals surface area contributed by atoms with Crippen LogP contribution in [0.4, 0.5) is 0 Å². The zero-order chi connectivity index (χ0) is 15.9. The number of carbonyl (C=O) groups is 2. The van der Waals surface area contributed by atoms with E-state index in [2.05, 4.69) is 4.99 Å². The highest BCUT2D eigenvalue weighted by Gasteiger charge is 2.37. The normalized spacial score (nSPS) is 20.2. The minimum Gasteiger partial charge on any atom is -0.465 e. The van der Waals surface area contributed by atoms with Crippen LogP contribution in [0.15, 0.2) is 47.1 Å². The lowest BCUT2D eigenvalue weighted by molar-refractivity contribution is -0.146. The van der Waals surface area contributed by atoms with E-state index < -0.39 is 23.8 Å². The van der Waals surface area contributed by atoms with E-state index >= 15 is 0 Å². The number of esters is 2. The van der Waals surface area contributed by atoms with Crippen LogP contribution in [0.25, 0.3) is 0 Å². The first-order valence-electron chi connectivity index (χ1n) is 7.31. The summed E-state index contributed by atoms with van der Waals surface area (Å²) in [4.78, 5) is 28.4. The lowest BCUT2D eigenvalue weighted by Gasteiger charge is -2.26. The number of benzene rings is 1. The molecule has 5 heteroatoms. The Balaban J connectivity index is 2.40. The quantitative estimate of drug-likeness (QED) is 0.784. The first kappa shape index (κ1) is 15.9. The van der Waals surface area contributed by atoms with Crippen LogP contribution in [0.3, 0.4) is 0 Å². The second kappa shape index (κ2) is 7.54. The molecule has 0 saturated carbocycles. The van der Waals surface area contributed by atoms with Crippen molar-refractivity contribution in [2.75, 3.05) is 13.2 Å². The van der Waals surface area contributed by atoms with Gasteiger partial charge in [-0.05, 0) is 19.4 Å². The zero-order valence-corrected chi connectivity index (χ0v) is 12.7. The van der Waals surface area contributed by atoms with Gasteiger partial charge in [0.15, 0.2) is 0 Å². The molecule has 0 fully saturated rings. The molecule has 2 rings (SSSR count). The van der Waals surface area contributed by atoms with E-state index in [1.165, 1.54) is 12.4 Å². The molecule has 0 N–H and O–H groups in total. The molecule has 5 nitrogen and oxygen atoms in total. The molecule has 1 aromatic carbocycles. The molecule has 0 aromatic heterocycles. The molecule has 0 saturated heterocycles. The van der Waals surface area contributed by atoms with E-state index in [0.29, 0.717) is 5.57 Å². The largest absolute Gasteiger partial charge is 0.465 e. The van der Waals surface area contributed by atoms with Gasteiger partial charge in [-0.1, -0.05) is 30.3 Å². The highest BCUT2D eigenvalue weighted by Crippen LogP contribution is 2.35. The second-order valence-corrected chi connectivity index (χ2v) is 4.77. The van der Waals surface area contributed by atoms with Gasteiger partial charge in [0.1, 0.15) is 5.92 Å². The number of ether oxygens (including phenoxy) is 2. The maximum atomic E-state index is 12.2. The van der Waals surface area contributed by atoms with Crippen molar-refractivity contribution in [3.8, 4) is 0 Å². The Bertz CT molecular complexity index is 592. The average Bonchev–Trinajstić information content (AvgIpc) is 2.55. The zero-order valence-electron chi connectivity index (χ0n) is 12.7. The molecule has 22 heavy (non-hydrogen) atoms. The van der Waals surface area contributed by atoms with E-state index in [0.717, 1.165) is 5.56 Å². The summed E-state index contributed by atoms with van der Waals surface area (Å²) in [7, 11) is 0. The van der Waals surface area contributed by atoms with Gasteiger partial charge in [0.25, 0.3) is 0 Å². The predicted octanol–water partition coefficient (Wildman–Crippen LogP) is 2.48. The van der Waals surface area contributed by atoms with Crippen molar-refractivity contribution in [3.05, 3.63) is 47.7 Å². The molecule has 0 amide bonds. The van der Waals surface area contributed by atoms with Crippen LogP contribution in [0.1, 0.15) is 25.3 Å². The van der Waals surface area contributed by atoms with Crippen LogP contribution in [0.5, 0.6) is 0 Å². The van der Waals surface area contributed by atoms with Crippen LogP contribution in [-0.2, 0) is 19.1 Å². The van der Waals surface area contributed by atoms with E-state index in [4.69, 9.17) is 9.47 Å². The molecule has 1 aromatic rings.